The van der Waals surface area contributed by atoms with Crippen LogP contribution in [0.1, 0.15) is 5.56 Å². The molecule has 1 aliphatic heterocycles. The van der Waals surface area contributed by atoms with E-state index in [0.29, 0.717) is 11.3 Å². The van der Waals surface area contributed by atoms with Crippen LogP contribution in [0.4, 0.5) is 0 Å². The zero-order valence-corrected chi connectivity index (χ0v) is 12.5. The standard InChI is InChI=1S/C13H11NO5S2/c1-19-9-3-2-7(4-8(9)15)5-10-12(18)14(6-11(16)17)13(20)21-10/h2-5,15H,6H2,1H3,(H,16,17)/p-1/b10-5+. The normalized spacial score (nSPS) is 16.6. The van der Waals surface area contributed by atoms with Gasteiger partial charge in [-0.3, -0.25) is 9.69 Å². The summed E-state index contributed by atoms with van der Waals surface area (Å²) in [6, 6.07) is 4.65. The molecule has 6 nitrogen and oxygen atoms in total. The predicted molar refractivity (Wildman–Crippen MR) is 79.5 cm³/mol. The van der Waals surface area contributed by atoms with Crippen LogP contribution < -0.4 is 9.84 Å². The van der Waals surface area contributed by atoms with Crippen LogP contribution in [0.5, 0.6) is 11.5 Å². The van der Waals surface area contributed by atoms with E-state index < -0.39 is 18.4 Å². The van der Waals surface area contributed by atoms with Crippen LogP contribution in [0.2, 0.25) is 0 Å². The molecule has 0 saturated carbocycles. The molecule has 0 aromatic heterocycles. The Bertz CT molecular complexity index is 656. The van der Waals surface area contributed by atoms with Crippen molar-refractivity contribution in [1.29, 1.82) is 0 Å². The van der Waals surface area contributed by atoms with Gasteiger partial charge in [0.25, 0.3) is 5.91 Å². The van der Waals surface area contributed by atoms with Gasteiger partial charge in [-0.05, 0) is 23.8 Å². The molecular weight excluding hydrogens is 314 g/mol. The minimum atomic E-state index is -1.38. The first-order valence-corrected chi connectivity index (χ1v) is 6.97. The molecule has 1 aromatic carbocycles. The number of amides is 1. The predicted octanol–water partition coefficient (Wildman–Crippen LogP) is 0.352. The molecule has 0 spiro atoms. The Kier molecular flexibility index (Phi) is 4.49. The molecule has 110 valence electrons. The van der Waals surface area contributed by atoms with Crippen LogP contribution in [0.25, 0.3) is 6.08 Å². The lowest BCUT2D eigenvalue weighted by atomic mass is 10.2. The first kappa shape index (κ1) is 15.3. The fourth-order valence-corrected chi connectivity index (χ4v) is 2.97. The quantitative estimate of drug-likeness (QED) is 0.631. The van der Waals surface area contributed by atoms with Crippen molar-refractivity contribution in [1.82, 2.24) is 4.90 Å². The number of carbonyl (C=O) groups is 2. The highest BCUT2D eigenvalue weighted by atomic mass is 32.2. The second kappa shape index (κ2) is 6.15. The van der Waals surface area contributed by atoms with E-state index >= 15 is 0 Å². The Balaban J connectivity index is 2.26. The number of phenols is 1. The molecule has 0 aliphatic carbocycles. The van der Waals surface area contributed by atoms with Crippen LogP contribution in [0.15, 0.2) is 23.1 Å². The molecule has 0 radical (unpaired) electrons. The molecule has 21 heavy (non-hydrogen) atoms. The number of carboxylic acids is 1. The van der Waals surface area contributed by atoms with Crippen molar-refractivity contribution >= 4 is 46.3 Å². The molecular formula is C13H10NO5S2-. The summed E-state index contributed by atoms with van der Waals surface area (Å²) < 4.78 is 5.09. The molecule has 1 heterocycles. The van der Waals surface area contributed by atoms with Crippen LogP contribution >= 0.6 is 24.0 Å². The average Bonchev–Trinajstić information content (AvgIpc) is 2.66. The fraction of sp³-hybridized carbons (Fsp3) is 0.154. The molecule has 8 heteroatoms. The lowest BCUT2D eigenvalue weighted by Crippen LogP contribution is -2.40. The summed E-state index contributed by atoms with van der Waals surface area (Å²) in [5.74, 6) is -1.62. The average molecular weight is 324 g/mol. The van der Waals surface area contributed by atoms with Gasteiger partial charge >= 0.3 is 0 Å². The van der Waals surface area contributed by atoms with Gasteiger partial charge in [0.15, 0.2) is 11.5 Å². The number of aliphatic carboxylic acids is 1. The molecule has 1 fully saturated rings. The number of methoxy groups -OCH3 is 1. The van der Waals surface area contributed by atoms with E-state index in [1.54, 1.807) is 12.1 Å². The summed E-state index contributed by atoms with van der Waals surface area (Å²) >= 11 is 5.96. The highest BCUT2D eigenvalue weighted by Gasteiger charge is 2.31. The Labute approximate surface area is 130 Å². The van der Waals surface area contributed by atoms with Gasteiger partial charge in [0.05, 0.1) is 24.5 Å². The SMILES string of the molecule is COc1ccc(/C=C2/SC(=S)N(CC(=O)[O-])C2=O)cc1O. The number of thioether (sulfide) groups is 1. The van der Waals surface area contributed by atoms with Gasteiger partial charge in [-0.15, -0.1) is 0 Å². The smallest absolute Gasteiger partial charge is 0.266 e. The summed E-state index contributed by atoms with van der Waals surface area (Å²) in [6.07, 6.45) is 1.52. The van der Waals surface area contributed by atoms with Crippen molar-refractivity contribution in [2.75, 3.05) is 13.7 Å². The van der Waals surface area contributed by atoms with Crippen molar-refractivity contribution in [3.05, 3.63) is 28.7 Å². The number of hydrogen-bond acceptors (Lipinski definition) is 7. The minimum absolute atomic E-state index is 0.0588. The first-order valence-electron chi connectivity index (χ1n) is 5.74. The van der Waals surface area contributed by atoms with E-state index in [9.17, 15) is 19.8 Å². The minimum Gasteiger partial charge on any atom is -0.548 e. The fourth-order valence-electron chi connectivity index (χ4n) is 1.71. The third-order valence-electron chi connectivity index (χ3n) is 2.66. The monoisotopic (exact) mass is 324 g/mol. The van der Waals surface area contributed by atoms with Crippen molar-refractivity contribution in [3.8, 4) is 11.5 Å². The lowest BCUT2D eigenvalue weighted by Gasteiger charge is -2.14. The topological polar surface area (TPSA) is 89.9 Å². The van der Waals surface area contributed by atoms with Gasteiger partial charge < -0.3 is 19.7 Å². The molecule has 1 aliphatic rings. The number of thiocarbonyl (C=S) groups is 1. The number of benzene rings is 1. The zero-order valence-electron chi connectivity index (χ0n) is 10.9. The number of aromatic hydroxyl groups is 1. The number of phenolic OH excluding ortho intramolecular Hbond substituents is 1. The van der Waals surface area contributed by atoms with Crippen molar-refractivity contribution in [3.63, 3.8) is 0 Å². The number of carbonyl (C=O) groups excluding carboxylic acids is 2. The van der Waals surface area contributed by atoms with Crippen LogP contribution in [0.3, 0.4) is 0 Å². The van der Waals surface area contributed by atoms with E-state index in [4.69, 9.17) is 17.0 Å². The Morgan fingerprint density at radius 3 is 2.86 bits per heavy atom. The van der Waals surface area contributed by atoms with Crippen LogP contribution in [-0.2, 0) is 9.59 Å². The van der Waals surface area contributed by atoms with Gasteiger partial charge in [-0.25, -0.2) is 0 Å². The Morgan fingerprint density at radius 1 is 1.57 bits per heavy atom. The summed E-state index contributed by atoms with van der Waals surface area (Å²) in [5.41, 5.74) is 0.572. The third-order valence-corrected chi connectivity index (χ3v) is 4.04. The molecule has 0 atom stereocenters. The molecule has 2 rings (SSSR count). The Morgan fingerprint density at radius 2 is 2.29 bits per heavy atom. The molecule has 1 saturated heterocycles. The molecule has 1 N–H and O–H groups in total. The summed E-state index contributed by atoms with van der Waals surface area (Å²) in [5, 5.41) is 20.3. The number of hydrogen-bond donors (Lipinski definition) is 1. The van der Waals surface area contributed by atoms with Crippen molar-refractivity contribution in [2.24, 2.45) is 0 Å². The zero-order chi connectivity index (χ0) is 15.6. The van der Waals surface area contributed by atoms with Crippen LogP contribution in [0, 0.1) is 0 Å². The maximum absolute atomic E-state index is 12.0. The second-order valence-corrected chi connectivity index (χ2v) is 5.75. The summed E-state index contributed by atoms with van der Waals surface area (Å²) in [6.45, 7) is -0.574. The van der Waals surface area contributed by atoms with E-state index in [1.807, 2.05) is 0 Å². The molecule has 0 unspecified atom stereocenters. The Hall–Kier alpha value is -2.06. The lowest BCUT2D eigenvalue weighted by molar-refractivity contribution is -0.305. The summed E-state index contributed by atoms with van der Waals surface area (Å²) in [7, 11) is 1.43. The number of nitrogens with zero attached hydrogens (tertiary/aromatic N) is 1. The van der Waals surface area contributed by atoms with E-state index in [0.717, 1.165) is 16.7 Å². The van der Waals surface area contributed by atoms with Gasteiger partial charge in [0.1, 0.15) is 4.32 Å². The third kappa shape index (κ3) is 3.34. The maximum Gasteiger partial charge on any atom is 0.266 e. The van der Waals surface area contributed by atoms with Crippen molar-refractivity contribution in [2.45, 2.75) is 0 Å². The van der Waals surface area contributed by atoms with E-state index in [1.165, 1.54) is 19.3 Å². The maximum atomic E-state index is 12.0. The van der Waals surface area contributed by atoms with Gasteiger partial charge in [0.2, 0.25) is 0 Å². The van der Waals surface area contributed by atoms with E-state index in [-0.39, 0.29) is 15.0 Å². The molecule has 1 aromatic rings. The van der Waals surface area contributed by atoms with Crippen LogP contribution in [-0.4, -0.2) is 39.9 Å². The molecule has 1 amide bonds. The molecule has 0 bridgehead atoms. The van der Waals surface area contributed by atoms with E-state index in [2.05, 4.69) is 0 Å². The highest BCUT2D eigenvalue weighted by molar-refractivity contribution is 8.26. The summed E-state index contributed by atoms with van der Waals surface area (Å²) in [4.78, 5) is 23.9. The second-order valence-electron chi connectivity index (χ2n) is 4.07. The number of ether oxygens (including phenoxy) is 1. The first-order chi connectivity index (χ1) is 9.92. The number of rotatable bonds is 4. The highest BCUT2D eigenvalue weighted by Crippen LogP contribution is 2.34. The van der Waals surface area contributed by atoms with Gasteiger partial charge in [-0.2, -0.15) is 0 Å². The number of carboxylic acid groups (broad SMARTS) is 1. The van der Waals surface area contributed by atoms with Gasteiger partial charge in [-0.1, -0.05) is 30.0 Å². The van der Waals surface area contributed by atoms with Crippen molar-refractivity contribution < 1.29 is 24.5 Å². The largest absolute Gasteiger partial charge is 0.548 e. The van der Waals surface area contributed by atoms with Gasteiger partial charge in [0, 0.05) is 0 Å².